The van der Waals surface area contributed by atoms with Gasteiger partial charge in [0, 0.05) is 27.7 Å². The number of hydrogen-bond acceptors (Lipinski definition) is 9. The van der Waals surface area contributed by atoms with E-state index in [0.29, 0.717) is 60.7 Å². The van der Waals surface area contributed by atoms with Crippen molar-refractivity contribution < 1.29 is 42.7 Å². The molecule has 0 saturated carbocycles. The molecule has 0 spiro atoms. The Kier molecular flexibility index (Phi) is 12.8. The fourth-order valence-electron chi connectivity index (χ4n) is 4.15. The maximum Gasteiger partial charge on any atom is 0.338 e. The van der Waals surface area contributed by atoms with Crippen LogP contribution in [0.5, 0.6) is 34.5 Å². The second-order valence-electron chi connectivity index (χ2n) is 9.83. The molecule has 42 heavy (non-hydrogen) atoms. The topological polar surface area (TPSA) is 98.8 Å². The molecule has 0 bridgehead atoms. The van der Waals surface area contributed by atoms with E-state index >= 15 is 0 Å². The molecule has 0 aliphatic rings. The van der Waals surface area contributed by atoms with Gasteiger partial charge in [0.1, 0.15) is 13.2 Å². The fourth-order valence-corrected chi connectivity index (χ4v) is 4.15. The molecule has 0 atom stereocenters. The molecule has 2 rings (SSSR count). The van der Waals surface area contributed by atoms with Crippen LogP contribution in [0.4, 0.5) is 0 Å². The SMILES string of the molecule is C=C(C)C(=O)OCCOc1ccc(C(C)(C)c2ccc(OC(=O)C(=C)C)c(OCC)c2OCC)c(OCC)c1OCC. The number of esters is 2. The van der Waals surface area contributed by atoms with Gasteiger partial charge < -0.3 is 33.2 Å². The number of carbonyl (C=O) groups is 2. The van der Waals surface area contributed by atoms with Crippen LogP contribution < -0.4 is 28.4 Å². The maximum absolute atomic E-state index is 12.4. The summed E-state index contributed by atoms with van der Waals surface area (Å²) in [7, 11) is 0. The molecule has 0 heterocycles. The van der Waals surface area contributed by atoms with E-state index in [1.807, 2.05) is 53.7 Å². The highest BCUT2D eigenvalue weighted by atomic mass is 16.6. The molecule has 0 aromatic heterocycles. The molecule has 2 aromatic carbocycles. The van der Waals surface area contributed by atoms with Crippen molar-refractivity contribution in [2.24, 2.45) is 0 Å². The van der Waals surface area contributed by atoms with E-state index in [4.69, 9.17) is 33.2 Å². The molecule has 0 amide bonds. The Morgan fingerprint density at radius 1 is 0.619 bits per heavy atom. The third-order valence-corrected chi connectivity index (χ3v) is 6.13. The first-order valence-electron chi connectivity index (χ1n) is 14.1. The molecule has 0 saturated heterocycles. The summed E-state index contributed by atoms with van der Waals surface area (Å²) in [5, 5.41) is 0. The number of hydrogen-bond donors (Lipinski definition) is 0. The lowest BCUT2D eigenvalue weighted by atomic mass is 9.76. The van der Waals surface area contributed by atoms with Crippen LogP contribution in [0, 0.1) is 0 Å². The van der Waals surface area contributed by atoms with Gasteiger partial charge in [0.2, 0.25) is 11.5 Å². The zero-order valence-electron chi connectivity index (χ0n) is 26.1. The van der Waals surface area contributed by atoms with Crippen LogP contribution >= 0.6 is 0 Å². The Balaban J connectivity index is 2.66. The number of ether oxygens (including phenoxy) is 7. The molecule has 0 fully saturated rings. The van der Waals surface area contributed by atoms with Crippen molar-refractivity contribution in [2.45, 2.75) is 60.8 Å². The highest BCUT2D eigenvalue weighted by Crippen LogP contribution is 2.52. The predicted octanol–water partition coefficient (Wildman–Crippen LogP) is 6.59. The van der Waals surface area contributed by atoms with Crippen LogP contribution in [0.2, 0.25) is 0 Å². The van der Waals surface area contributed by atoms with E-state index < -0.39 is 17.4 Å². The second-order valence-corrected chi connectivity index (χ2v) is 9.83. The van der Waals surface area contributed by atoms with Crippen LogP contribution in [-0.4, -0.2) is 51.6 Å². The molecule has 0 radical (unpaired) electrons. The highest BCUT2D eigenvalue weighted by molar-refractivity contribution is 5.89. The minimum Gasteiger partial charge on any atom is -0.490 e. The minimum atomic E-state index is -0.709. The van der Waals surface area contributed by atoms with Crippen LogP contribution in [0.1, 0.15) is 66.5 Å². The Hall–Kier alpha value is -4.14. The molecule has 230 valence electrons. The standard InChI is InChI=1S/C33H44O9/c1-11-36-27-23(15-17-25(29(27)38-13-3)40-19-20-41-31(34)21(5)6)33(9,10)24-16-18-26(42-32(35)22(7)8)30(39-14-4)28(24)37-12-2/h15-18H,5,7,11-14,19-20H2,1-4,6,8-10H3. The van der Waals surface area contributed by atoms with Gasteiger partial charge in [-0.25, -0.2) is 9.59 Å². The quantitative estimate of drug-likeness (QED) is 0.0883. The van der Waals surface area contributed by atoms with E-state index in [9.17, 15) is 9.59 Å². The first-order valence-corrected chi connectivity index (χ1v) is 14.1. The summed E-state index contributed by atoms with van der Waals surface area (Å²) in [5.41, 5.74) is 1.46. The number of benzene rings is 2. The smallest absolute Gasteiger partial charge is 0.338 e. The van der Waals surface area contributed by atoms with E-state index in [2.05, 4.69) is 13.2 Å². The van der Waals surface area contributed by atoms with Gasteiger partial charge in [-0.05, 0) is 53.7 Å². The van der Waals surface area contributed by atoms with Gasteiger partial charge in [-0.2, -0.15) is 0 Å². The van der Waals surface area contributed by atoms with Crippen LogP contribution in [0.15, 0.2) is 48.6 Å². The van der Waals surface area contributed by atoms with Crippen molar-refractivity contribution in [2.75, 3.05) is 39.6 Å². The first kappa shape index (κ1) is 34.1. The normalized spacial score (nSPS) is 10.9. The summed E-state index contributed by atoms with van der Waals surface area (Å²) >= 11 is 0. The third-order valence-electron chi connectivity index (χ3n) is 6.13. The van der Waals surface area contributed by atoms with Crippen LogP contribution in [0.3, 0.4) is 0 Å². The number of rotatable bonds is 17. The lowest BCUT2D eigenvalue weighted by Gasteiger charge is -2.32. The summed E-state index contributed by atoms with van der Waals surface area (Å²) in [6.07, 6.45) is 0. The molecule has 2 aromatic rings. The van der Waals surface area contributed by atoms with Crippen LogP contribution in [0.25, 0.3) is 0 Å². The fraction of sp³-hybridized carbons (Fsp3) is 0.455. The molecule has 9 nitrogen and oxygen atoms in total. The second kappa shape index (κ2) is 15.7. The van der Waals surface area contributed by atoms with Gasteiger partial charge in [-0.1, -0.05) is 39.1 Å². The van der Waals surface area contributed by atoms with Gasteiger partial charge >= 0.3 is 11.9 Å². The van der Waals surface area contributed by atoms with E-state index in [1.54, 1.807) is 26.0 Å². The molecular weight excluding hydrogens is 540 g/mol. The van der Waals surface area contributed by atoms with Gasteiger partial charge in [0.05, 0.1) is 26.4 Å². The first-order chi connectivity index (χ1) is 19.9. The lowest BCUT2D eigenvalue weighted by Crippen LogP contribution is -2.23. The summed E-state index contributed by atoms with van der Waals surface area (Å²) < 4.78 is 41.0. The highest BCUT2D eigenvalue weighted by Gasteiger charge is 2.35. The molecule has 0 aliphatic heterocycles. The zero-order chi connectivity index (χ0) is 31.4. The third kappa shape index (κ3) is 8.21. The van der Waals surface area contributed by atoms with E-state index in [0.717, 1.165) is 11.1 Å². The van der Waals surface area contributed by atoms with Crippen molar-refractivity contribution in [3.05, 3.63) is 59.7 Å². The average molecular weight is 585 g/mol. The molecule has 9 heteroatoms. The maximum atomic E-state index is 12.4. The van der Waals surface area contributed by atoms with Gasteiger partial charge in [-0.3, -0.25) is 0 Å². The molecule has 0 N–H and O–H groups in total. The summed E-state index contributed by atoms with van der Waals surface area (Å²) in [4.78, 5) is 24.1. The Morgan fingerprint density at radius 2 is 1.05 bits per heavy atom. The van der Waals surface area contributed by atoms with Crippen molar-refractivity contribution in [3.63, 3.8) is 0 Å². The van der Waals surface area contributed by atoms with Crippen molar-refractivity contribution in [1.82, 2.24) is 0 Å². The molecule has 0 aliphatic carbocycles. The van der Waals surface area contributed by atoms with Crippen molar-refractivity contribution in [1.29, 1.82) is 0 Å². The van der Waals surface area contributed by atoms with Gasteiger partial charge in [-0.15, -0.1) is 0 Å². The Morgan fingerprint density at radius 3 is 1.50 bits per heavy atom. The Labute approximate surface area is 249 Å². The molecular formula is C33H44O9. The Bertz CT molecular complexity index is 1280. The predicted molar refractivity (Wildman–Crippen MR) is 161 cm³/mol. The summed E-state index contributed by atoms with van der Waals surface area (Å²) in [6.45, 7) is 23.6. The number of carbonyl (C=O) groups excluding carboxylic acids is 2. The lowest BCUT2D eigenvalue weighted by molar-refractivity contribution is -0.139. The van der Waals surface area contributed by atoms with Gasteiger partial charge in [0.25, 0.3) is 0 Å². The molecule has 0 unspecified atom stereocenters. The minimum absolute atomic E-state index is 0.0503. The zero-order valence-corrected chi connectivity index (χ0v) is 26.1. The van der Waals surface area contributed by atoms with E-state index in [-0.39, 0.29) is 24.5 Å². The monoisotopic (exact) mass is 584 g/mol. The summed E-state index contributed by atoms with van der Waals surface area (Å²) in [5.74, 6) is 1.38. The summed E-state index contributed by atoms with van der Waals surface area (Å²) in [6, 6.07) is 7.26. The largest absolute Gasteiger partial charge is 0.490 e. The van der Waals surface area contributed by atoms with Crippen molar-refractivity contribution >= 4 is 11.9 Å². The average Bonchev–Trinajstić information content (AvgIpc) is 2.93. The van der Waals surface area contributed by atoms with Crippen LogP contribution in [-0.2, 0) is 19.7 Å². The van der Waals surface area contributed by atoms with E-state index in [1.165, 1.54) is 0 Å². The van der Waals surface area contributed by atoms with Gasteiger partial charge in [0.15, 0.2) is 23.0 Å². The van der Waals surface area contributed by atoms with Crippen molar-refractivity contribution in [3.8, 4) is 34.5 Å².